The van der Waals surface area contributed by atoms with Crippen LogP contribution in [0.3, 0.4) is 0 Å². The minimum atomic E-state index is -0.488. The summed E-state index contributed by atoms with van der Waals surface area (Å²) >= 11 is 1.07. The highest BCUT2D eigenvalue weighted by molar-refractivity contribution is 7.99. The molecule has 10 heteroatoms. The average Bonchev–Trinajstić information content (AvgIpc) is 3.08. The van der Waals surface area contributed by atoms with Crippen molar-refractivity contribution in [3.8, 4) is 0 Å². The van der Waals surface area contributed by atoms with E-state index in [9.17, 15) is 10.1 Å². The van der Waals surface area contributed by atoms with Crippen LogP contribution in [0.2, 0.25) is 0 Å². The highest BCUT2D eigenvalue weighted by atomic mass is 32.2. The first-order valence-electron chi connectivity index (χ1n) is 6.52. The number of hydrogen-bond acceptors (Lipinski definition) is 8. The molecule has 0 aliphatic heterocycles. The lowest BCUT2D eigenvalue weighted by molar-refractivity contribution is -0.388. The third kappa shape index (κ3) is 2.79. The van der Waals surface area contributed by atoms with Gasteiger partial charge in [-0.05, 0) is 41.1 Å². The summed E-state index contributed by atoms with van der Waals surface area (Å²) in [7, 11) is 0. The quantitative estimate of drug-likeness (QED) is 0.669. The first-order valence-corrected chi connectivity index (χ1v) is 7.33. The topological polar surface area (TPSA) is 126 Å². The van der Waals surface area contributed by atoms with Crippen molar-refractivity contribution in [2.45, 2.75) is 41.9 Å². The van der Waals surface area contributed by atoms with Gasteiger partial charge >= 0.3 is 5.69 Å². The van der Waals surface area contributed by atoms with E-state index in [4.69, 9.17) is 5.73 Å². The molecule has 1 aliphatic rings. The number of tetrazole rings is 1. The van der Waals surface area contributed by atoms with Crippen molar-refractivity contribution in [3.05, 3.63) is 22.2 Å². The fraction of sp³-hybridized carbons (Fsp3) is 0.455. The Morgan fingerprint density at radius 1 is 1.38 bits per heavy atom. The van der Waals surface area contributed by atoms with Crippen LogP contribution >= 0.6 is 11.8 Å². The molecule has 2 N–H and O–H groups in total. The van der Waals surface area contributed by atoms with E-state index in [-0.39, 0.29) is 22.6 Å². The van der Waals surface area contributed by atoms with Gasteiger partial charge in [0, 0.05) is 6.07 Å². The molecule has 0 unspecified atom stereocenters. The molecule has 21 heavy (non-hydrogen) atoms. The van der Waals surface area contributed by atoms with E-state index >= 15 is 0 Å². The fourth-order valence-electron chi connectivity index (χ4n) is 2.38. The van der Waals surface area contributed by atoms with Gasteiger partial charge in [-0.2, -0.15) is 0 Å². The maximum atomic E-state index is 11.1. The van der Waals surface area contributed by atoms with Crippen LogP contribution in [0, 0.1) is 10.1 Å². The second-order valence-corrected chi connectivity index (χ2v) is 5.72. The maximum absolute atomic E-state index is 11.1. The van der Waals surface area contributed by atoms with Gasteiger partial charge < -0.3 is 5.73 Å². The van der Waals surface area contributed by atoms with Gasteiger partial charge in [-0.3, -0.25) is 10.1 Å². The van der Waals surface area contributed by atoms with Gasteiger partial charge in [0.05, 0.1) is 11.0 Å². The third-order valence-electron chi connectivity index (χ3n) is 3.38. The van der Waals surface area contributed by atoms with Gasteiger partial charge in [0.15, 0.2) is 5.03 Å². The predicted molar refractivity (Wildman–Crippen MR) is 74.7 cm³/mol. The Morgan fingerprint density at radius 3 is 2.86 bits per heavy atom. The van der Waals surface area contributed by atoms with Gasteiger partial charge in [0.1, 0.15) is 5.82 Å². The summed E-state index contributed by atoms with van der Waals surface area (Å²) < 4.78 is 1.73. The zero-order valence-electron chi connectivity index (χ0n) is 11.0. The largest absolute Gasteiger partial charge is 0.384 e. The Morgan fingerprint density at radius 2 is 2.14 bits per heavy atom. The molecule has 1 fully saturated rings. The number of nitrogens with two attached hydrogens (primary N) is 1. The summed E-state index contributed by atoms with van der Waals surface area (Å²) in [6, 6.07) is 3.00. The van der Waals surface area contributed by atoms with E-state index < -0.39 is 4.92 Å². The Balaban J connectivity index is 1.92. The average molecular weight is 307 g/mol. The molecule has 3 rings (SSSR count). The van der Waals surface area contributed by atoms with Gasteiger partial charge in [0.2, 0.25) is 5.16 Å². The van der Waals surface area contributed by atoms with Crippen molar-refractivity contribution >= 4 is 23.3 Å². The standard InChI is InChI=1S/C11H13N7O2S/c12-9-6-5-8(18(19)20)10(13-9)21-11-14-15-16-17(11)7-3-1-2-4-7/h5-7H,1-4H2,(H2,12,13). The van der Waals surface area contributed by atoms with Crippen LogP contribution in [-0.4, -0.2) is 30.1 Å². The number of rotatable bonds is 4. The first kappa shape index (κ1) is 13.7. The SMILES string of the molecule is Nc1ccc([N+](=O)[O-])c(Sc2nnnn2C2CCCC2)n1. The Bertz CT molecular complexity index is 668. The van der Waals surface area contributed by atoms with Crippen molar-refractivity contribution < 1.29 is 4.92 Å². The molecule has 2 heterocycles. The summed E-state index contributed by atoms with van der Waals surface area (Å²) in [6.45, 7) is 0. The molecule has 0 amide bonds. The number of aromatic nitrogens is 5. The number of anilines is 1. The van der Waals surface area contributed by atoms with Crippen LogP contribution in [0.15, 0.2) is 22.3 Å². The van der Waals surface area contributed by atoms with E-state index in [1.165, 1.54) is 12.1 Å². The van der Waals surface area contributed by atoms with Crippen LogP contribution < -0.4 is 5.73 Å². The van der Waals surface area contributed by atoms with Gasteiger partial charge in [-0.25, -0.2) is 9.67 Å². The molecule has 0 saturated heterocycles. The monoisotopic (exact) mass is 307 g/mol. The summed E-state index contributed by atoms with van der Waals surface area (Å²) in [5.74, 6) is 0.225. The highest BCUT2D eigenvalue weighted by Gasteiger charge is 2.25. The Hall–Kier alpha value is -2.23. The van der Waals surface area contributed by atoms with Crippen molar-refractivity contribution in [2.75, 3.05) is 5.73 Å². The van der Waals surface area contributed by atoms with Crippen LogP contribution in [0.25, 0.3) is 0 Å². The molecule has 1 saturated carbocycles. The Kier molecular flexibility index (Phi) is 3.69. The zero-order chi connectivity index (χ0) is 14.8. The summed E-state index contributed by atoms with van der Waals surface area (Å²) in [6.07, 6.45) is 4.33. The lowest BCUT2D eigenvalue weighted by Gasteiger charge is -2.10. The molecule has 1 aliphatic carbocycles. The molecule has 0 atom stereocenters. The molecule has 110 valence electrons. The van der Waals surface area contributed by atoms with Crippen LogP contribution in [0.5, 0.6) is 0 Å². The summed E-state index contributed by atoms with van der Waals surface area (Å²) in [5, 5.41) is 23.4. The highest BCUT2D eigenvalue weighted by Crippen LogP contribution is 2.36. The van der Waals surface area contributed by atoms with E-state index in [0.29, 0.717) is 5.16 Å². The molecule has 0 radical (unpaired) electrons. The van der Waals surface area contributed by atoms with E-state index in [2.05, 4.69) is 20.5 Å². The van der Waals surface area contributed by atoms with Gasteiger partial charge in [0.25, 0.3) is 0 Å². The molecule has 2 aromatic heterocycles. The number of nitrogen functional groups attached to an aromatic ring is 1. The number of hydrogen-bond donors (Lipinski definition) is 1. The predicted octanol–water partition coefficient (Wildman–Crippen LogP) is 1.82. The van der Waals surface area contributed by atoms with E-state index in [1.807, 2.05) is 0 Å². The number of nitro groups is 1. The zero-order valence-corrected chi connectivity index (χ0v) is 11.9. The molecule has 0 spiro atoms. The third-order valence-corrected chi connectivity index (χ3v) is 4.32. The minimum absolute atomic E-state index is 0.102. The summed E-state index contributed by atoms with van der Waals surface area (Å²) in [4.78, 5) is 14.6. The lowest BCUT2D eigenvalue weighted by Crippen LogP contribution is -2.08. The Labute approximate surface area is 124 Å². The number of nitrogens with zero attached hydrogens (tertiary/aromatic N) is 6. The molecule has 0 bridgehead atoms. The fourth-order valence-corrected chi connectivity index (χ4v) is 3.31. The summed E-state index contributed by atoms with van der Waals surface area (Å²) in [5.41, 5.74) is 5.51. The van der Waals surface area contributed by atoms with Crippen molar-refractivity contribution in [1.82, 2.24) is 25.2 Å². The van der Waals surface area contributed by atoms with Crippen LogP contribution in [0.4, 0.5) is 11.5 Å². The lowest BCUT2D eigenvalue weighted by atomic mass is 10.3. The molecule has 2 aromatic rings. The molecular formula is C11H13N7O2S. The van der Waals surface area contributed by atoms with Crippen molar-refractivity contribution in [2.24, 2.45) is 0 Å². The maximum Gasteiger partial charge on any atom is 0.301 e. The smallest absolute Gasteiger partial charge is 0.301 e. The van der Waals surface area contributed by atoms with Crippen LogP contribution in [0.1, 0.15) is 31.7 Å². The van der Waals surface area contributed by atoms with Gasteiger partial charge in [-0.1, -0.05) is 12.8 Å². The van der Waals surface area contributed by atoms with Crippen molar-refractivity contribution in [1.29, 1.82) is 0 Å². The minimum Gasteiger partial charge on any atom is -0.384 e. The second-order valence-electron chi connectivity index (χ2n) is 4.76. The van der Waals surface area contributed by atoms with E-state index in [0.717, 1.165) is 37.4 Å². The molecular weight excluding hydrogens is 294 g/mol. The van der Waals surface area contributed by atoms with Gasteiger partial charge in [-0.15, -0.1) is 5.10 Å². The van der Waals surface area contributed by atoms with Crippen molar-refractivity contribution in [3.63, 3.8) is 0 Å². The number of pyridine rings is 1. The first-order chi connectivity index (χ1) is 10.1. The normalized spacial score (nSPS) is 15.4. The van der Waals surface area contributed by atoms with E-state index in [1.54, 1.807) is 4.68 Å². The second kappa shape index (κ2) is 5.64. The van der Waals surface area contributed by atoms with Crippen LogP contribution in [-0.2, 0) is 0 Å². The molecule has 0 aromatic carbocycles. The molecule has 9 nitrogen and oxygen atoms in total.